The second-order valence-corrected chi connectivity index (χ2v) is 11.4. The first-order chi connectivity index (χ1) is 19.2. The zero-order chi connectivity index (χ0) is 30.1. The van der Waals surface area contributed by atoms with Gasteiger partial charge in [0.2, 0.25) is 5.92 Å². The number of amides is 1. The lowest BCUT2D eigenvalue weighted by molar-refractivity contribution is -0.147. The van der Waals surface area contributed by atoms with Crippen LogP contribution in [0.5, 0.6) is 0 Å². The minimum atomic E-state index is -5.01. The first-order valence-corrected chi connectivity index (χ1v) is 13.8. The Morgan fingerprint density at radius 1 is 1.00 bits per heavy atom. The molecule has 0 spiro atoms. The van der Waals surface area contributed by atoms with Gasteiger partial charge in [0.05, 0.1) is 45.9 Å². The van der Waals surface area contributed by atoms with Crippen LogP contribution in [-0.4, -0.2) is 61.4 Å². The Morgan fingerprint density at radius 2 is 1.59 bits per heavy atom. The first-order valence-electron chi connectivity index (χ1n) is 13.0. The molecule has 41 heavy (non-hydrogen) atoms. The molecular formula is C26H27Cl2F5N4O4. The number of halogens is 7. The molecule has 2 fully saturated rings. The number of pyridine rings is 1. The van der Waals surface area contributed by atoms with Crippen molar-refractivity contribution in [2.45, 2.75) is 69.5 Å². The number of carboxylic acids is 1. The van der Waals surface area contributed by atoms with Crippen molar-refractivity contribution in [3.63, 3.8) is 0 Å². The van der Waals surface area contributed by atoms with Gasteiger partial charge >= 0.3 is 12.1 Å². The minimum absolute atomic E-state index is 0.0138. The SMILES string of the molecule is O=C(CN(CC1CCC(F)(F)CC1)C(=O)c1cnn(C2CCC(C(=O)O)CC2)c1C(F)(F)F)c1c(Cl)cncc1Cl. The Labute approximate surface area is 241 Å². The summed E-state index contributed by atoms with van der Waals surface area (Å²) in [5.41, 5.74) is -2.27. The zero-order valence-electron chi connectivity index (χ0n) is 21.6. The van der Waals surface area contributed by atoms with Crippen LogP contribution in [-0.2, 0) is 11.0 Å². The van der Waals surface area contributed by atoms with Gasteiger partial charge in [0.1, 0.15) is 0 Å². The molecular weight excluding hydrogens is 598 g/mol. The van der Waals surface area contributed by atoms with Crippen molar-refractivity contribution in [2.75, 3.05) is 13.1 Å². The van der Waals surface area contributed by atoms with E-state index in [0.29, 0.717) is 4.68 Å². The normalized spacial score (nSPS) is 21.4. The molecule has 0 aliphatic heterocycles. The van der Waals surface area contributed by atoms with E-state index in [1.165, 1.54) is 0 Å². The summed E-state index contributed by atoms with van der Waals surface area (Å²) < 4.78 is 71.4. The minimum Gasteiger partial charge on any atom is -0.481 e. The Bertz CT molecular complexity index is 1280. The summed E-state index contributed by atoms with van der Waals surface area (Å²) in [5, 5.41) is 12.9. The van der Waals surface area contributed by atoms with Gasteiger partial charge in [0, 0.05) is 31.8 Å². The van der Waals surface area contributed by atoms with Crippen molar-refractivity contribution in [2.24, 2.45) is 11.8 Å². The van der Waals surface area contributed by atoms with Crippen LogP contribution >= 0.6 is 23.2 Å². The van der Waals surface area contributed by atoms with Gasteiger partial charge in [-0.15, -0.1) is 0 Å². The number of carbonyl (C=O) groups is 3. The van der Waals surface area contributed by atoms with Crippen molar-refractivity contribution in [3.8, 4) is 0 Å². The fraction of sp³-hybridized carbons (Fsp3) is 0.577. The molecule has 0 radical (unpaired) electrons. The highest BCUT2D eigenvalue weighted by Gasteiger charge is 2.44. The average Bonchev–Trinajstić information content (AvgIpc) is 3.35. The van der Waals surface area contributed by atoms with Gasteiger partial charge < -0.3 is 10.0 Å². The number of alkyl halides is 5. The predicted octanol–water partition coefficient (Wildman–Crippen LogP) is 6.57. The monoisotopic (exact) mass is 624 g/mol. The highest BCUT2D eigenvalue weighted by atomic mass is 35.5. The molecule has 2 aromatic heterocycles. The lowest BCUT2D eigenvalue weighted by Crippen LogP contribution is -2.41. The van der Waals surface area contributed by atoms with Crippen LogP contribution in [0.3, 0.4) is 0 Å². The third kappa shape index (κ3) is 7.17. The maximum absolute atomic E-state index is 14.4. The Kier molecular flexibility index (Phi) is 9.27. The average molecular weight is 625 g/mol. The first kappa shape index (κ1) is 31.1. The number of nitrogens with zero attached hydrogens (tertiary/aromatic N) is 4. The smallest absolute Gasteiger partial charge is 0.433 e. The summed E-state index contributed by atoms with van der Waals surface area (Å²) in [4.78, 5) is 42.8. The largest absolute Gasteiger partial charge is 0.481 e. The lowest BCUT2D eigenvalue weighted by Gasteiger charge is -2.33. The Hall–Kier alpha value is -2.80. The predicted molar refractivity (Wildman–Crippen MR) is 137 cm³/mol. The summed E-state index contributed by atoms with van der Waals surface area (Å²) in [6.45, 7) is -0.950. The van der Waals surface area contributed by atoms with Gasteiger partial charge in [-0.25, -0.2) is 8.78 Å². The Morgan fingerprint density at radius 3 is 2.12 bits per heavy atom. The molecule has 1 N–H and O–H groups in total. The molecule has 2 heterocycles. The van der Waals surface area contributed by atoms with E-state index in [1.54, 1.807) is 0 Å². The van der Waals surface area contributed by atoms with Gasteiger partial charge in [0.15, 0.2) is 11.5 Å². The molecule has 15 heteroatoms. The second-order valence-electron chi connectivity index (χ2n) is 10.6. The quantitative estimate of drug-likeness (QED) is 0.263. The molecule has 224 valence electrons. The summed E-state index contributed by atoms with van der Waals surface area (Å²) in [6, 6.07) is -0.783. The third-order valence-electron chi connectivity index (χ3n) is 7.76. The molecule has 0 aromatic carbocycles. The van der Waals surface area contributed by atoms with Gasteiger partial charge in [-0.3, -0.25) is 24.0 Å². The maximum atomic E-state index is 14.4. The molecule has 0 saturated heterocycles. The van der Waals surface area contributed by atoms with E-state index in [-0.39, 0.29) is 60.7 Å². The van der Waals surface area contributed by atoms with Crippen molar-refractivity contribution >= 4 is 40.9 Å². The number of hydrogen-bond acceptors (Lipinski definition) is 5. The fourth-order valence-corrected chi connectivity index (χ4v) is 6.13. The van der Waals surface area contributed by atoms with Crippen LogP contribution < -0.4 is 0 Å². The number of ketones is 1. The van der Waals surface area contributed by atoms with Crippen LogP contribution in [0.1, 0.15) is 83.8 Å². The van der Waals surface area contributed by atoms with E-state index < -0.39 is 78.3 Å². The molecule has 0 atom stereocenters. The molecule has 0 unspecified atom stereocenters. The number of aliphatic carboxylic acids is 1. The van der Waals surface area contributed by atoms with Gasteiger partial charge in [-0.05, 0) is 44.4 Å². The van der Waals surface area contributed by atoms with E-state index >= 15 is 0 Å². The number of hydrogen-bond donors (Lipinski definition) is 1. The number of aromatic nitrogens is 3. The summed E-state index contributed by atoms with van der Waals surface area (Å²) in [7, 11) is 0. The standard InChI is InChI=1S/C26H27Cl2F5N4O4/c27-18-10-34-11-19(28)21(18)20(38)13-36(12-14-5-7-25(29,30)8-6-14)23(39)17-9-35-37(22(17)26(31,32)33)16-3-1-15(2-4-16)24(40)41/h9-11,14-16H,1-8,12-13H2,(H,40,41). The number of carbonyl (C=O) groups excluding carboxylic acids is 2. The molecule has 2 saturated carbocycles. The summed E-state index contributed by atoms with van der Waals surface area (Å²) in [6.07, 6.45) is -2.23. The second kappa shape index (κ2) is 12.2. The van der Waals surface area contributed by atoms with Gasteiger partial charge in [-0.2, -0.15) is 18.3 Å². The van der Waals surface area contributed by atoms with Crippen LogP contribution in [0.4, 0.5) is 22.0 Å². The van der Waals surface area contributed by atoms with E-state index in [4.69, 9.17) is 23.2 Å². The van der Waals surface area contributed by atoms with Gasteiger partial charge in [-0.1, -0.05) is 23.2 Å². The molecule has 0 bridgehead atoms. The van der Waals surface area contributed by atoms with E-state index in [0.717, 1.165) is 23.5 Å². The molecule has 2 aliphatic rings. The molecule has 8 nitrogen and oxygen atoms in total. The van der Waals surface area contributed by atoms with E-state index in [2.05, 4.69) is 10.1 Å². The molecule has 1 amide bonds. The van der Waals surface area contributed by atoms with Crippen LogP contribution in [0, 0.1) is 11.8 Å². The van der Waals surface area contributed by atoms with Crippen molar-refractivity contribution in [1.82, 2.24) is 19.7 Å². The zero-order valence-corrected chi connectivity index (χ0v) is 23.2. The van der Waals surface area contributed by atoms with E-state index in [9.17, 15) is 41.4 Å². The Balaban J connectivity index is 1.66. The highest BCUT2D eigenvalue weighted by Crippen LogP contribution is 2.40. The van der Waals surface area contributed by atoms with Crippen LogP contribution in [0.2, 0.25) is 10.0 Å². The molecule has 2 aliphatic carbocycles. The van der Waals surface area contributed by atoms with Crippen LogP contribution in [0.25, 0.3) is 0 Å². The third-order valence-corrected chi connectivity index (χ3v) is 8.33. The molecule has 4 rings (SSSR count). The van der Waals surface area contributed by atoms with Crippen LogP contribution in [0.15, 0.2) is 18.6 Å². The highest BCUT2D eigenvalue weighted by molar-refractivity contribution is 6.39. The fourth-order valence-electron chi connectivity index (χ4n) is 5.56. The van der Waals surface area contributed by atoms with Crippen molar-refractivity contribution < 1.29 is 41.4 Å². The van der Waals surface area contributed by atoms with Gasteiger partial charge in [0.25, 0.3) is 5.91 Å². The summed E-state index contributed by atoms with van der Waals surface area (Å²) >= 11 is 12.2. The lowest BCUT2D eigenvalue weighted by atomic mass is 9.86. The molecule has 2 aromatic rings. The number of Topliss-reactive ketones (excluding diaryl/α,β-unsaturated/α-hetero) is 1. The number of rotatable bonds is 8. The number of carboxylic acid groups (broad SMARTS) is 1. The van der Waals surface area contributed by atoms with Crippen molar-refractivity contribution in [3.05, 3.63) is 45.5 Å². The maximum Gasteiger partial charge on any atom is 0.433 e. The van der Waals surface area contributed by atoms with Crippen molar-refractivity contribution in [1.29, 1.82) is 0 Å². The topological polar surface area (TPSA) is 105 Å². The van der Waals surface area contributed by atoms with E-state index in [1.807, 2.05) is 0 Å². The summed E-state index contributed by atoms with van der Waals surface area (Å²) in [5.74, 6) is -6.95.